The molecule has 0 aromatic carbocycles. The highest BCUT2D eigenvalue weighted by molar-refractivity contribution is 7.99. The van der Waals surface area contributed by atoms with Gasteiger partial charge >= 0.3 is 0 Å². The van der Waals surface area contributed by atoms with Gasteiger partial charge in [0.1, 0.15) is 6.33 Å². The highest BCUT2D eigenvalue weighted by Crippen LogP contribution is 2.39. The molecule has 0 spiro atoms. The van der Waals surface area contributed by atoms with Gasteiger partial charge in [-0.1, -0.05) is 6.92 Å². The third kappa shape index (κ3) is 3.43. The molecule has 4 nitrogen and oxygen atoms in total. The predicted molar refractivity (Wildman–Crippen MR) is 73.6 cm³/mol. The molecule has 1 aromatic heterocycles. The van der Waals surface area contributed by atoms with Crippen molar-refractivity contribution in [1.29, 1.82) is 0 Å². The molecule has 2 rings (SSSR count). The van der Waals surface area contributed by atoms with E-state index in [1.54, 1.807) is 24.3 Å². The Kier molecular flexibility index (Phi) is 4.97. The van der Waals surface area contributed by atoms with E-state index in [1.165, 1.54) is 0 Å². The molecule has 18 heavy (non-hydrogen) atoms. The summed E-state index contributed by atoms with van der Waals surface area (Å²) >= 11 is 1.80. The highest BCUT2D eigenvalue weighted by Gasteiger charge is 2.38. The van der Waals surface area contributed by atoms with Crippen LogP contribution in [0.25, 0.3) is 0 Å². The zero-order valence-corrected chi connectivity index (χ0v) is 11.6. The second-order valence-electron chi connectivity index (χ2n) is 4.90. The molecule has 2 atom stereocenters. The third-order valence-electron chi connectivity index (χ3n) is 3.46. The lowest BCUT2D eigenvalue weighted by Gasteiger charge is -2.28. The van der Waals surface area contributed by atoms with Gasteiger partial charge in [-0.2, -0.15) is 0 Å². The van der Waals surface area contributed by atoms with E-state index in [4.69, 9.17) is 0 Å². The van der Waals surface area contributed by atoms with Crippen molar-refractivity contribution in [2.45, 2.75) is 48.4 Å². The minimum Gasteiger partial charge on any atom is -0.394 e. The molecule has 0 saturated heterocycles. The Labute approximate surface area is 113 Å². The number of hydrogen-bond donors (Lipinski definition) is 2. The zero-order chi connectivity index (χ0) is 12.8. The quantitative estimate of drug-likeness (QED) is 0.770. The van der Waals surface area contributed by atoms with Crippen molar-refractivity contribution in [1.82, 2.24) is 15.3 Å². The molecule has 1 saturated carbocycles. The van der Waals surface area contributed by atoms with E-state index in [0.717, 1.165) is 37.3 Å². The molecule has 1 aromatic rings. The first kappa shape index (κ1) is 13.8. The summed E-state index contributed by atoms with van der Waals surface area (Å²) in [5.41, 5.74) is -0.0687. The number of nitrogens with one attached hydrogen (secondary N) is 1. The van der Waals surface area contributed by atoms with Gasteiger partial charge in [0, 0.05) is 17.0 Å². The molecule has 2 unspecified atom stereocenters. The molecule has 5 heteroatoms. The van der Waals surface area contributed by atoms with Crippen molar-refractivity contribution >= 4 is 11.8 Å². The van der Waals surface area contributed by atoms with Crippen LogP contribution in [0.15, 0.2) is 23.6 Å². The van der Waals surface area contributed by atoms with Crippen LogP contribution in [0.1, 0.15) is 32.6 Å². The maximum absolute atomic E-state index is 9.63. The molecule has 1 aliphatic carbocycles. The van der Waals surface area contributed by atoms with Crippen LogP contribution in [-0.2, 0) is 0 Å². The zero-order valence-electron chi connectivity index (χ0n) is 10.8. The summed E-state index contributed by atoms with van der Waals surface area (Å²) in [6.45, 7) is 3.36. The Morgan fingerprint density at radius 3 is 3.17 bits per heavy atom. The first-order chi connectivity index (χ1) is 8.78. The van der Waals surface area contributed by atoms with Crippen molar-refractivity contribution < 1.29 is 5.11 Å². The largest absolute Gasteiger partial charge is 0.394 e. The normalized spacial score (nSPS) is 27.6. The van der Waals surface area contributed by atoms with Crippen molar-refractivity contribution in [3.63, 3.8) is 0 Å². The SMILES string of the molecule is CCCNC1(CO)CCC(Sc2ccncn2)C1. The Bertz CT molecular complexity index is 363. The van der Waals surface area contributed by atoms with Gasteiger partial charge in [-0.3, -0.25) is 0 Å². The Morgan fingerprint density at radius 2 is 2.50 bits per heavy atom. The topological polar surface area (TPSA) is 58.0 Å². The van der Waals surface area contributed by atoms with Crippen LogP contribution >= 0.6 is 11.8 Å². The van der Waals surface area contributed by atoms with Crippen molar-refractivity contribution in [3.05, 3.63) is 18.6 Å². The van der Waals surface area contributed by atoms with Crippen LogP contribution in [0, 0.1) is 0 Å². The van der Waals surface area contributed by atoms with Gasteiger partial charge in [0.15, 0.2) is 0 Å². The fraction of sp³-hybridized carbons (Fsp3) is 0.692. The van der Waals surface area contributed by atoms with Crippen LogP contribution in [-0.4, -0.2) is 39.0 Å². The number of aliphatic hydroxyl groups excluding tert-OH is 1. The van der Waals surface area contributed by atoms with Gasteiger partial charge in [0.05, 0.1) is 11.6 Å². The van der Waals surface area contributed by atoms with E-state index in [2.05, 4.69) is 22.2 Å². The minimum atomic E-state index is -0.0687. The smallest absolute Gasteiger partial charge is 0.116 e. The molecule has 0 bridgehead atoms. The van der Waals surface area contributed by atoms with Gasteiger partial charge in [0.25, 0.3) is 0 Å². The van der Waals surface area contributed by atoms with E-state index in [9.17, 15) is 5.11 Å². The van der Waals surface area contributed by atoms with E-state index in [0.29, 0.717) is 5.25 Å². The van der Waals surface area contributed by atoms with Crippen LogP contribution in [0.5, 0.6) is 0 Å². The standard InChI is InChI=1S/C13H21N3OS/c1-2-6-16-13(9-17)5-3-11(8-13)18-12-4-7-14-10-15-12/h4,7,10-11,16-17H,2-3,5-6,8-9H2,1H3. The lowest BCUT2D eigenvalue weighted by molar-refractivity contribution is 0.165. The molecular formula is C13H21N3OS. The first-order valence-electron chi connectivity index (χ1n) is 6.56. The van der Waals surface area contributed by atoms with Crippen LogP contribution in [0.3, 0.4) is 0 Å². The monoisotopic (exact) mass is 267 g/mol. The van der Waals surface area contributed by atoms with Gasteiger partial charge in [-0.25, -0.2) is 9.97 Å². The molecular weight excluding hydrogens is 246 g/mol. The van der Waals surface area contributed by atoms with E-state index < -0.39 is 0 Å². The van der Waals surface area contributed by atoms with Gasteiger partial charge in [-0.15, -0.1) is 11.8 Å². The molecule has 2 N–H and O–H groups in total. The first-order valence-corrected chi connectivity index (χ1v) is 7.44. The molecule has 1 aliphatic rings. The molecule has 0 radical (unpaired) electrons. The minimum absolute atomic E-state index is 0.0687. The highest BCUT2D eigenvalue weighted by atomic mass is 32.2. The average molecular weight is 267 g/mol. The fourth-order valence-corrected chi connectivity index (χ4v) is 3.67. The number of thioether (sulfide) groups is 1. The van der Waals surface area contributed by atoms with Gasteiger partial charge in [0.2, 0.25) is 0 Å². The second-order valence-corrected chi connectivity index (χ2v) is 6.22. The van der Waals surface area contributed by atoms with Crippen LogP contribution in [0.4, 0.5) is 0 Å². The predicted octanol–water partition coefficient (Wildman–Crippen LogP) is 1.85. The summed E-state index contributed by atoms with van der Waals surface area (Å²) in [4.78, 5) is 8.18. The second kappa shape index (κ2) is 6.50. The number of nitrogens with zero attached hydrogens (tertiary/aromatic N) is 2. The van der Waals surface area contributed by atoms with E-state index >= 15 is 0 Å². The summed E-state index contributed by atoms with van der Waals surface area (Å²) in [5.74, 6) is 0. The molecule has 1 heterocycles. The average Bonchev–Trinajstić information content (AvgIpc) is 2.82. The van der Waals surface area contributed by atoms with Crippen molar-refractivity contribution in [2.24, 2.45) is 0 Å². The van der Waals surface area contributed by atoms with Crippen LogP contribution < -0.4 is 5.32 Å². The van der Waals surface area contributed by atoms with Gasteiger partial charge < -0.3 is 10.4 Å². The molecule has 0 aliphatic heterocycles. The van der Waals surface area contributed by atoms with Gasteiger partial charge in [-0.05, 0) is 38.3 Å². The van der Waals surface area contributed by atoms with Crippen molar-refractivity contribution in [2.75, 3.05) is 13.2 Å². The van der Waals surface area contributed by atoms with E-state index in [-0.39, 0.29) is 12.1 Å². The summed E-state index contributed by atoms with van der Waals surface area (Å²) in [6.07, 6.45) is 7.66. The maximum Gasteiger partial charge on any atom is 0.116 e. The third-order valence-corrected chi connectivity index (χ3v) is 4.68. The summed E-state index contributed by atoms with van der Waals surface area (Å²) in [7, 11) is 0. The Balaban J connectivity index is 1.90. The lowest BCUT2D eigenvalue weighted by Crippen LogP contribution is -2.46. The van der Waals surface area contributed by atoms with E-state index in [1.807, 2.05) is 6.07 Å². The molecule has 100 valence electrons. The number of hydrogen-bond acceptors (Lipinski definition) is 5. The molecule has 0 amide bonds. The summed E-state index contributed by atoms with van der Waals surface area (Å²) in [5, 5.41) is 14.7. The Hall–Kier alpha value is -0.650. The number of aliphatic hydroxyl groups is 1. The van der Waals surface area contributed by atoms with Crippen molar-refractivity contribution in [3.8, 4) is 0 Å². The maximum atomic E-state index is 9.63. The summed E-state index contributed by atoms with van der Waals surface area (Å²) < 4.78 is 0. The fourth-order valence-electron chi connectivity index (χ4n) is 2.45. The Morgan fingerprint density at radius 1 is 1.61 bits per heavy atom. The molecule has 1 fully saturated rings. The summed E-state index contributed by atoms with van der Waals surface area (Å²) in [6, 6.07) is 1.95. The van der Waals surface area contributed by atoms with Crippen LogP contribution in [0.2, 0.25) is 0 Å². The number of aromatic nitrogens is 2. The lowest BCUT2D eigenvalue weighted by atomic mass is 9.99. The number of rotatable bonds is 6.